The fourth-order valence-corrected chi connectivity index (χ4v) is 4.06. The Hall–Kier alpha value is -1.39. The van der Waals surface area contributed by atoms with Crippen molar-refractivity contribution in [2.24, 2.45) is 0 Å². The normalized spacial score (nSPS) is 24.0. The molecule has 20 heavy (non-hydrogen) atoms. The number of aromatic nitrogens is 1. The van der Waals surface area contributed by atoms with Gasteiger partial charge in [-0.2, -0.15) is 0 Å². The fraction of sp³-hybridized carbons (Fsp3) is 0.438. The number of nitrogens with zero attached hydrogens (tertiary/aromatic N) is 1. The lowest BCUT2D eigenvalue weighted by Gasteiger charge is -2.45. The molecule has 3 rings (SSSR count). The largest absolute Gasteiger partial charge is 0.487 e. The average Bonchev–Trinajstić information content (AvgIpc) is 2.83. The number of para-hydroxylation sites is 1. The minimum atomic E-state index is -0.267. The van der Waals surface area contributed by atoms with Crippen molar-refractivity contribution in [3.63, 3.8) is 0 Å². The van der Waals surface area contributed by atoms with E-state index >= 15 is 0 Å². The third kappa shape index (κ3) is 2.03. The van der Waals surface area contributed by atoms with E-state index < -0.39 is 0 Å². The van der Waals surface area contributed by atoms with Crippen LogP contribution in [0.2, 0.25) is 0 Å². The third-order valence-electron chi connectivity index (χ3n) is 3.83. The van der Waals surface area contributed by atoms with Gasteiger partial charge in [0.25, 0.3) is 0 Å². The van der Waals surface area contributed by atoms with E-state index in [0.29, 0.717) is 0 Å². The maximum atomic E-state index is 6.14. The molecule has 1 unspecified atom stereocenters. The van der Waals surface area contributed by atoms with E-state index in [0.717, 1.165) is 22.9 Å². The van der Waals surface area contributed by atoms with Crippen LogP contribution in [0.1, 0.15) is 36.5 Å². The van der Waals surface area contributed by atoms with Crippen LogP contribution in [-0.2, 0) is 5.54 Å². The Morgan fingerprint density at radius 3 is 2.70 bits per heavy atom. The number of ether oxygens (including phenoxy) is 1. The van der Waals surface area contributed by atoms with Crippen LogP contribution in [-0.4, -0.2) is 17.6 Å². The van der Waals surface area contributed by atoms with Gasteiger partial charge in [0.05, 0.1) is 0 Å². The predicted octanol–water partition coefficient (Wildman–Crippen LogP) is 3.48. The van der Waals surface area contributed by atoms with E-state index in [2.05, 4.69) is 36.7 Å². The second-order valence-electron chi connectivity index (χ2n) is 5.98. The van der Waals surface area contributed by atoms with Gasteiger partial charge in [-0.3, -0.25) is 0 Å². The number of aryl methyl sites for hydroxylation is 1. The van der Waals surface area contributed by atoms with Gasteiger partial charge in [0, 0.05) is 23.1 Å². The van der Waals surface area contributed by atoms with Crippen molar-refractivity contribution in [3.05, 3.63) is 45.9 Å². The summed E-state index contributed by atoms with van der Waals surface area (Å²) in [4.78, 5) is 4.74. The third-order valence-corrected chi connectivity index (χ3v) is 4.96. The Morgan fingerprint density at radius 1 is 1.30 bits per heavy atom. The number of benzene rings is 1. The van der Waals surface area contributed by atoms with Gasteiger partial charge < -0.3 is 10.1 Å². The topological polar surface area (TPSA) is 34.2 Å². The average molecular weight is 288 g/mol. The van der Waals surface area contributed by atoms with Gasteiger partial charge in [0.2, 0.25) is 0 Å². The zero-order valence-corrected chi connectivity index (χ0v) is 13.2. The SMILES string of the molecule is CNC1(c2nc(C)cs2)CC(C)(C)Oc2ccccc21. The van der Waals surface area contributed by atoms with Crippen LogP contribution in [0, 0.1) is 6.92 Å². The summed E-state index contributed by atoms with van der Waals surface area (Å²) in [5.41, 5.74) is 1.76. The summed E-state index contributed by atoms with van der Waals surface area (Å²) < 4.78 is 6.14. The molecule has 0 aliphatic carbocycles. The molecule has 0 amide bonds. The zero-order valence-electron chi connectivity index (χ0n) is 12.4. The second-order valence-corrected chi connectivity index (χ2v) is 6.84. The summed E-state index contributed by atoms with van der Waals surface area (Å²) in [6.45, 7) is 6.31. The molecule has 0 spiro atoms. The van der Waals surface area contributed by atoms with Gasteiger partial charge in [-0.25, -0.2) is 4.98 Å². The molecule has 4 heteroatoms. The summed E-state index contributed by atoms with van der Waals surface area (Å²) in [5.74, 6) is 0.950. The molecule has 0 fully saturated rings. The molecule has 3 nitrogen and oxygen atoms in total. The van der Waals surface area contributed by atoms with Gasteiger partial charge in [-0.15, -0.1) is 11.3 Å². The Labute approximate surface area is 124 Å². The Kier molecular flexibility index (Phi) is 3.10. The van der Waals surface area contributed by atoms with Crippen molar-refractivity contribution in [2.75, 3.05) is 7.05 Å². The number of hydrogen-bond donors (Lipinski definition) is 1. The number of nitrogens with one attached hydrogen (secondary N) is 1. The van der Waals surface area contributed by atoms with Crippen molar-refractivity contribution < 1.29 is 4.74 Å². The molecule has 0 saturated heterocycles. The first kappa shape index (κ1) is 13.6. The van der Waals surface area contributed by atoms with E-state index in [4.69, 9.17) is 9.72 Å². The molecular weight excluding hydrogens is 268 g/mol. The highest BCUT2D eigenvalue weighted by Gasteiger charge is 2.47. The van der Waals surface area contributed by atoms with Gasteiger partial charge in [-0.1, -0.05) is 18.2 Å². The number of thiazole rings is 1. The van der Waals surface area contributed by atoms with Crippen molar-refractivity contribution in [1.82, 2.24) is 10.3 Å². The van der Waals surface area contributed by atoms with Crippen molar-refractivity contribution in [2.45, 2.75) is 38.3 Å². The zero-order chi connectivity index (χ0) is 14.4. The van der Waals surface area contributed by atoms with Crippen LogP contribution in [0.25, 0.3) is 0 Å². The lowest BCUT2D eigenvalue weighted by molar-refractivity contribution is 0.0470. The van der Waals surface area contributed by atoms with Crippen LogP contribution in [0.15, 0.2) is 29.6 Å². The molecule has 0 bridgehead atoms. The van der Waals surface area contributed by atoms with Gasteiger partial charge >= 0.3 is 0 Å². The molecule has 1 aliphatic rings. The van der Waals surface area contributed by atoms with Gasteiger partial charge in [-0.05, 0) is 33.9 Å². The maximum Gasteiger partial charge on any atom is 0.125 e. The quantitative estimate of drug-likeness (QED) is 0.918. The van der Waals surface area contributed by atoms with E-state index in [1.165, 1.54) is 5.56 Å². The Bertz CT molecular complexity index is 635. The highest BCUT2D eigenvalue weighted by atomic mass is 32.1. The lowest BCUT2D eigenvalue weighted by atomic mass is 9.78. The first-order chi connectivity index (χ1) is 9.47. The van der Waals surface area contributed by atoms with E-state index in [9.17, 15) is 0 Å². The highest BCUT2D eigenvalue weighted by molar-refractivity contribution is 7.09. The first-order valence-electron chi connectivity index (χ1n) is 6.87. The molecule has 106 valence electrons. The summed E-state index contributed by atoms with van der Waals surface area (Å²) in [5, 5.41) is 6.75. The summed E-state index contributed by atoms with van der Waals surface area (Å²) >= 11 is 1.71. The Morgan fingerprint density at radius 2 is 2.05 bits per heavy atom. The molecule has 1 aromatic carbocycles. The standard InChI is InChI=1S/C16H20N2OS/c1-11-9-20-14(18-11)16(17-4)10-15(2,3)19-13-8-6-5-7-12(13)16/h5-9,17H,10H2,1-4H3. The van der Waals surface area contributed by atoms with Crippen LogP contribution in [0.5, 0.6) is 5.75 Å². The van der Waals surface area contributed by atoms with Crippen LogP contribution >= 0.6 is 11.3 Å². The molecule has 1 N–H and O–H groups in total. The number of hydrogen-bond acceptors (Lipinski definition) is 4. The molecule has 0 saturated carbocycles. The van der Waals surface area contributed by atoms with Crippen LogP contribution < -0.4 is 10.1 Å². The molecule has 2 heterocycles. The monoisotopic (exact) mass is 288 g/mol. The van der Waals surface area contributed by atoms with Gasteiger partial charge in [0.1, 0.15) is 21.9 Å². The molecule has 1 aliphatic heterocycles. The number of fused-ring (bicyclic) bond motifs is 1. The first-order valence-corrected chi connectivity index (χ1v) is 7.75. The summed E-state index contributed by atoms with van der Waals surface area (Å²) in [7, 11) is 2.01. The Balaban J connectivity index is 2.24. The molecular formula is C16H20N2OS. The second kappa shape index (κ2) is 4.57. The van der Waals surface area contributed by atoms with E-state index in [1.807, 2.05) is 26.1 Å². The maximum absolute atomic E-state index is 6.14. The highest BCUT2D eigenvalue weighted by Crippen LogP contribution is 2.47. The minimum absolute atomic E-state index is 0.225. The van der Waals surface area contributed by atoms with E-state index in [-0.39, 0.29) is 11.1 Å². The van der Waals surface area contributed by atoms with Crippen molar-refractivity contribution in [3.8, 4) is 5.75 Å². The van der Waals surface area contributed by atoms with E-state index in [1.54, 1.807) is 11.3 Å². The molecule has 2 aromatic rings. The lowest BCUT2D eigenvalue weighted by Crippen LogP contribution is -2.51. The van der Waals surface area contributed by atoms with Crippen LogP contribution in [0.3, 0.4) is 0 Å². The summed E-state index contributed by atoms with van der Waals surface area (Å²) in [6, 6.07) is 8.27. The van der Waals surface area contributed by atoms with Crippen LogP contribution in [0.4, 0.5) is 0 Å². The fourth-order valence-electron chi connectivity index (χ4n) is 3.05. The smallest absolute Gasteiger partial charge is 0.125 e. The van der Waals surface area contributed by atoms with Crippen molar-refractivity contribution in [1.29, 1.82) is 0 Å². The minimum Gasteiger partial charge on any atom is -0.487 e. The molecule has 1 atom stereocenters. The molecule has 0 radical (unpaired) electrons. The summed E-state index contributed by atoms with van der Waals surface area (Å²) in [6.07, 6.45) is 0.862. The predicted molar refractivity (Wildman–Crippen MR) is 82.5 cm³/mol. The molecule has 1 aromatic heterocycles. The van der Waals surface area contributed by atoms with Crippen molar-refractivity contribution >= 4 is 11.3 Å². The number of rotatable bonds is 2. The van der Waals surface area contributed by atoms with Gasteiger partial charge in [0.15, 0.2) is 0 Å².